The van der Waals surface area contributed by atoms with Crippen molar-refractivity contribution in [2.75, 3.05) is 0 Å². The molecule has 5 rings (SSSR count). The number of carbonyl (C=O) groups excluding carboxylic acids is 2. The second kappa shape index (κ2) is 17.0. The third kappa shape index (κ3) is 8.62. The first-order chi connectivity index (χ1) is 25.0. The molecule has 0 spiro atoms. The van der Waals surface area contributed by atoms with Crippen LogP contribution in [0.15, 0.2) is 109 Å². The van der Waals surface area contributed by atoms with Crippen LogP contribution in [0.2, 0.25) is 0 Å². The van der Waals surface area contributed by atoms with Crippen LogP contribution in [-0.2, 0) is 32.3 Å². The summed E-state index contributed by atoms with van der Waals surface area (Å²) in [6.45, 7) is 7.77. The standard InChI is InChI=1S/C42H46N2O8/c1-5-27(3)43(25-29-17-21-33(22-18-29)51-31-13-9-7-10-14-31)39(45)35-37(41(47)48)36(38(35)42(49)50)40(46)44(28(4)6-2)26-30-19-23-34(24-20-30)52-32-15-11-8-12-16-32/h7-24,27-28,35-38H,5-6,25-26H2,1-4H3,(H,47,48)(H,49,50)/t27?,28?,35-,36-,37-,38-. The van der Waals surface area contributed by atoms with Gasteiger partial charge in [0.05, 0.1) is 23.7 Å². The van der Waals surface area contributed by atoms with Crippen LogP contribution in [0.4, 0.5) is 0 Å². The van der Waals surface area contributed by atoms with Gasteiger partial charge in [-0.25, -0.2) is 0 Å². The third-order valence-electron chi connectivity index (χ3n) is 10.0. The summed E-state index contributed by atoms with van der Waals surface area (Å²) >= 11 is 0. The molecule has 0 bridgehead atoms. The zero-order chi connectivity index (χ0) is 37.4. The van der Waals surface area contributed by atoms with Gasteiger partial charge in [0.25, 0.3) is 0 Å². The number of carboxylic acids is 2. The van der Waals surface area contributed by atoms with E-state index in [4.69, 9.17) is 9.47 Å². The number of aliphatic carboxylic acids is 2. The molecular formula is C42H46N2O8. The highest BCUT2D eigenvalue weighted by Crippen LogP contribution is 2.49. The summed E-state index contributed by atoms with van der Waals surface area (Å²) in [7, 11) is 0. The highest BCUT2D eigenvalue weighted by molar-refractivity contribution is 5.99. The molecule has 52 heavy (non-hydrogen) atoms. The van der Waals surface area contributed by atoms with E-state index in [0.29, 0.717) is 35.8 Å². The molecule has 4 aromatic carbocycles. The molecule has 0 heterocycles. The molecule has 10 nitrogen and oxygen atoms in total. The van der Waals surface area contributed by atoms with E-state index >= 15 is 0 Å². The summed E-state index contributed by atoms with van der Waals surface area (Å²) in [5.74, 6) is -7.16. The van der Waals surface area contributed by atoms with Gasteiger partial charge in [-0.15, -0.1) is 0 Å². The van der Waals surface area contributed by atoms with Crippen LogP contribution < -0.4 is 9.47 Å². The second-order valence-corrected chi connectivity index (χ2v) is 13.3. The van der Waals surface area contributed by atoms with Crippen molar-refractivity contribution in [1.29, 1.82) is 0 Å². The first-order valence-corrected chi connectivity index (χ1v) is 17.7. The molecule has 0 aromatic heterocycles. The van der Waals surface area contributed by atoms with Crippen LogP contribution in [0.3, 0.4) is 0 Å². The SMILES string of the molecule is CCC(C)N(Cc1ccc(Oc2ccccc2)cc1)C(=O)[C@H]1[C@H](C(=O)O)[C@H](C(=O)N(Cc2ccc(Oc3ccccc3)cc2)C(C)CC)[C@H]1C(=O)O. The normalized spacial score (nSPS) is 19.0. The summed E-state index contributed by atoms with van der Waals surface area (Å²) in [6, 6.07) is 32.4. The quantitative estimate of drug-likeness (QED) is 0.120. The van der Waals surface area contributed by atoms with Crippen molar-refractivity contribution in [3.63, 3.8) is 0 Å². The number of rotatable bonds is 16. The van der Waals surface area contributed by atoms with E-state index < -0.39 is 47.4 Å². The van der Waals surface area contributed by atoms with Gasteiger partial charge in [-0.05, 0) is 86.3 Å². The summed E-state index contributed by atoms with van der Waals surface area (Å²) in [6.07, 6.45) is 1.12. The van der Waals surface area contributed by atoms with Crippen molar-refractivity contribution in [1.82, 2.24) is 9.80 Å². The monoisotopic (exact) mass is 706 g/mol. The van der Waals surface area contributed by atoms with Gasteiger partial charge < -0.3 is 29.5 Å². The zero-order valence-corrected chi connectivity index (χ0v) is 29.9. The molecule has 272 valence electrons. The van der Waals surface area contributed by atoms with Gasteiger partial charge in [0.15, 0.2) is 0 Å². The third-order valence-corrected chi connectivity index (χ3v) is 10.0. The number of nitrogens with zero attached hydrogens (tertiary/aromatic N) is 2. The smallest absolute Gasteiger partial charge is 0.308 e. The Morgan fingerprint density at radius 3 is 1.12 bits per heavy atom. The minimum absolute atomic E-state index is 0.135. The molecule has 1 aliphatic carbocycles. The van der Waals surface area contributed by atoms with Gasteiger partial charge in [-0.3, -0.25) is 19.2 Å². The molecule has 4 aromatic rings. The summed E-state index contributed by atoms with van der Waals surface area (Å²) in [4.78, 5) is 57.3. The molecule has 0 radical (unpaired) electrons. The molecule has 2 atom stereocenters. The Hall–Kier alpha value is -5.64. The van der Waals surface area contributed by atoms with E-state index in [0.717, 1.165) is 11.1 Å². The first kappa shape index (κ1) is 37.6. The van der Waals surface area contributed by atoms with Crippen molar-refractivity contribution in [2.24, 2.45) is 23.7 Å². The Bertz CT molecular complexity index is 1670. The van der Waals surface area contributed by atoms with E-state index in [-0.39, 0.29) is 25.2 Å². The molecule has 0 saturated heterocycles. The molecule has 2 unspecified atom stereocenters. The predicted molar refractivity (Wildman–Crippen MR) is 196 cm³/mol. The lowest BCUT2D eigenvalue weighted by atomic mass is 9.55. The number of hydrogen-bond donors (Lipinski definition) is 2. The maximum absolute atomic E-state index is 14.3. The maximum atomic E-state index is 14.3. The number of ether oxygens (including phenoxy) is 2. The van der Waals surface area contributed by atoms with Crippen LogP contribution in [0.25, 0.3) is 0 Å². The van der Waals surface area contributed by atoms with Crippen LogP contribution in [0, 0.1) is 23.7 Å². The number of amides is 2. The van der Waals surface area contributed by atoms with Crippen LogP contribution in [-0.4, -0.2) is 55.8 Å². The highest BCUT2D eigenvalue weighted by Gasteiger charge is 2.65. The first-order valence-electron chi connectivity index (χ1n) is 17.7. The van der Waals surface area contributed by atoms with Gasteiger partial charge in [-0.2, -0.15) is 0 Å². The molecule has 1 saturated carbocycles. The molecule has 1 aliphatic rings. The fraction of sp³-hybridized carbons (Fsp3) is 0.333. The van der Waals surface area contributed by atoms with Gasteiger partial charge in [0.1, 0.15) is 23.0 Å². The maximum Gasteiger partial charge on any atom is 0.308 e. The largest absolute Gasteiger partial charge is 0.481 e. The molecule has 1 fully saturated rings. The summed E-state index contributed by atoms with van der Waals surface area (Å²) in [5.41, 5.74) is 1.53. The summed E-state index contributed by atoms with van der Waals surface area (Å²) in [5, 5.41) is 20.9. The van der Waals surface area contributed by atoms with Crippen molar-refractivity contribution in [3.05, 3.63) is 120 Å². The van der Waals surface area contributed by atoms with E-state index in [1.165, 1.54) is 9.80 Å². The predicted octanol–water partition coefficient (Wildman–Crippen LogP) is 7.87. The van der Waals surface area contributed by atoms with E-state index in [1.54, 1.807) is 24.3 Å². The molecule has 0 aliphatic heterocycles. The highest BCUT2D eigenvalue weighted by atomic mass is 16.5. The van der Waals surface area contributed by atoms with Gasteiger partial charge in [0.2, 0.25) is 11.8 Å². The van der Waals surface area contributed by atoms with Gasteiger partial charge >= 0.3 is 11.9 Å². The average Bonchev–Trinajstić information content (AvgIpc) is 3.13. The summed E-state index contributed by atoms with van der Waals surface area (Å²) < 4.78 is 11.8. The van der Waals surface area contributed by atoms with Gasteiger partial charge in [-0.1, -0.05) is 74.5 Å². The molecule has 10 heteroatoms. The fourth-order valence-corrected chi connectivity index (χ4v) is 6.67. The van der Waals surface area contributed by atoms with Crippen molar-refractivity contribution in [3.8, 4) is 23.0 Å². The van der Waals surface area contributed by atoms with E-state index in [9.17, 15) is 29.4 Å². The molecule has 2 amide bonds. The molecular weight excluding hydrogens is 660 g/mol. The lowest BCUT2D eigenvalue weighted by Crippen LogP contribution is -2.65. The van der Waals surface area contributed by atoms with Crippen molar-refractivity contribution >= 4 is 23.8 Å². The number of carboxylic acid groups (broad SMARTS) is 2. The number of hydrogen-bond acceptors (Lipinski definition) is 6. The zero-order valence-electron chi connectivity index (χ0n) is 29.9. The Morgan fingerprint density at radius 2 is 0.827 bits per heavy atom. The average molecular weight is 707 g/mol. The van der Waals surface area contributed by atoms with Crippen molar-refractivity contribution in [2.45, 2.75) is 65.7 Å². The van der Waals surface area contributed by atoms with E-state index in [1.807, 2.05) is 113 Å². The minimum Gasteiger partial charge on any atom is -0.481 e. The van der Waals surface area contributed by atoms with Crippen LogP contribution in [0.1, 0.15) is 51.7 Å². The lowest BCUT2D eigenvalue weighted by molar-refractivity contribution is -0.189. The fourth-order valence-electron chi connectivity index (χ4n) is 6.67. The second-order valence-electron chi connectivity index (χ2n) is 13.3. The number of benzene rings is 4. The number of carbonyl (C=O) groups is 4. The topological polar surface area (TPSA) is 134 Å². The van der Waals surface area contributed by atoms with E-state index in [2.05, 4.69) is 0 Å². The lowest BCUT2D eigenvalue weighted by Gasteiger charge is -2.49. The Labute approximate surface area is 304 Å². The van der Waals surface area contributed by atoms with Crippen LogP contribution in [0.5, 0.6) is 23.0 Å². The Balaban J connectivity index is 1.35. The van der Waals surface area contributed by atoms with Crippen LogP contribution >= 0.6 is 0 Å². The minimum atomic E-state index is -1.50. The van der Waals surface area contributed by atoms with Gasteiger partial charge in [0, 0.05) is 25.2 Å². The Morgan fingerprint density at radius 1 is 0.519 bits per heavy atom. The number of para-hydroxylation sites is 2. The Kier molecular flexibility index (Phi) is 12.3. The van der Waals surface area contributed by atoms with Crippen molar-refractivity contribution < 1.29 is 38.9 Å². The molecule has 2 N–H and O–H groups in total.